The minimum Gasteiger partial charge on any atom is -0.369 e. The average Bonchev–Trinajstić information content (AvgIpc) is 3.28. The molecule has 0 spiro atoms. The Kier molecular flexibility index (Phi) is 6.08. The fraction of sp³-hybridized carbons (Fsp3) is 0.148. The zero-order valence-electron chi connectivity index (χ0n) is 19.5. The fourth-order valence-electron chi connectivity index (χ4n) is 4.27. The normalized spacial score (nSPS) is 12.7. The summed E-state index contributed by atoms with van der Waals surface area (Å²) >= 11 is 6.09. The maximum Gasteiger partial charge on any atom is 0.296 e. The van der Waals surface area contributed by atoms with Crippen LogP contribution in [-0.4, -0.2) is 47.8 Å². The van der Waals surface area contributed by atoms with E-state index in [0.717, 1.165) is 27.8 Å². The molecule has 1 amide bonds. The molecule has 2 aromatic heterocycles. The van der Waals surface area contributed by atoms with Crippen molar-refractivity contribution in [2.45, 2.75) is 6.42 Å². The Morgan fingerprint density at radius 3 is 2.69 bits per heavy atom. The van der Waals surface area contributed by atoms with E-state index in [1.165, 1.54) is 12.4 Å². The highest BCUT2D eigenvalue weighted by molar-refractivity contribution is 6.31. The first-order valence-electron chi connectivity index (χ1n) is 11.2. The van der Waals surface area contributed by atoms with Crippen molar-refractivity contribution in [3.63, 3.8) is 0 Å². The van der Waals surface area contributed by atoms with Crippen LogP contribution >= 0.6 is 11.6 Å². The number of pyridine rings is 2. The van der Waals surface area contributed by atoms with Crippen molar-refractivity contribution in [3.05, 3.63) is 82.5 Å². The van der Waals surface area contributed by atoms with E-state index in [9.17, 15) is 14.4 Å². The standard InChI is InChI=1S/C27H20ClFN6O/c1-34(2)15-33-27(36)24-6-4-18(13-32-24)16-3-5-23-20(9-16)26(19(12-30)14-31-23)35-8-7-17-10-22(29)21(28)11-25(17)35/h3-6,9-11,13-15H,7-8H2,1-2H3/b33-15+. The molecule has 4 aromatic rings. The lowest BCUT2D eigenvalue weighted by atomic mass is 10.0. The summed E-state index contributed by atoms with van der Waals surface area (Å²) in [5.41, 5.74) is 5.32. The highest BCUT2D eigenvalue weighted by atomic mass is 35.5. The van der Waals surface area contributed by atoms with Gasteiger partial charge < -0.3 is 9.80 Å². The second kappa shape index (κ2) is 9.36. The van der Waals surface area contributed by atoms with Crippen molar-refractivity contribution >= 4 is 46.1 Å². The Labute approximate surface area is 212 Å². The smallest absolute Gasteiger partial charge is 0.296 e. The van der Waals surface area contributed by atoms with Gasteiger partial charge in [-0.3, -0.25) is 14.8 Å². The van der Waals surface area contributed by atoms with Gasteiger partial charge in [0.2, 0.25) is 0 Å². The third-order valence-electron chi connectivity index (χ3n) is 5.97. The first-order chi connectivity index (χ1) is 17.4. The van der Waals surface area contributed by atoms with E-state index >= 15 is 0 Å². The molecule has 7 nitrogen and oxygen atoms in total. The van der Waals surface area contributed by atoms with E-state index < -0.39 is 11.7 Å². The summed E-state index contributed by atoms with van der Waals surface area (Å²) in [6, 6.07) is 14.5. The Hall–Kier alpha value is -4.35. The molecule has 178 valence electrons. The van der Waals surface area contributed by atoms with E-state index in [-0.39, 0.29) is 10.7 Å². The molecule has 5 rings (SSSR count). The summed E-state index contributed by atoms with van der Waals surface area (Å²) in [5, 5.41) is 10.7. The van der Waals surface area contributed by atoms with Crippen LogP contribution in [0.15, 0.2) is 59.9 Å². The van der Waals surface area contributed by atoms with Crippen LogP contribution in [0.2, 0.25) is 5.02 Å². The number of aliphatic imine (C=N–C) groups is 1. The van der Waals surface area contributed by atoms with Crippen LogP contribution in [-0.2, 0) is 6.42 Å². The minimum atomic E-state index is -0.457. The molecule has 36 heavy (non-hydrogen) atoms. The predicted molar refractivity (Wildman–Crippen MR) is 138 cm³/mol. The van der Waals surface area contributed by atoms with Crippen LogP contribution in [0.3, 0.4) is 0 Å². The molecule has 0 atom stereocenters. The highest BCUT2D eigenvalue weighted by Gasteiger charge is 2.26. The highest BCUT2D eigenvalue weighted by Crippen LogP contribution is 2.42. The number of fused-ring (bicyclic) bond motifs is 2. The monoisotopic (exact) mass is 498 g/mol. The van der Waals surface area contributed by atoms with Gasteiger partial charge in [0.1, 0.15) is 17.6 Å². The van der Waals surface area contributed by atoms with Gasteiger partial charge in [0.15, 0.2) is 0 Å². The first-order valence-corrected chi connectivity index (χ1v) is 11.5. The number of halogens is 2. The van der Waals surface area contributed by atoms with Crippen LogP contribution in [0.25, 0.3) is 22.0 Å². The van der Waals surface area contributed by atoms with Crippen molar-refractivity contribution in [2.24, 2.45) is 4.99 Å². The third-order valence-corrected chi connectivity index (χ3v) is 6.26. The number of anilines is 2. The zero-order valence-corrected chi connectivity index (χ0v) is 20.3. The van der Waals surface area contributed by atoms with Crippen LogP contribution in [0.1, 0.15) is 21.6 Å². The van der Waals surface area contributed by atoms with E-state index in [2.05, 4.69) is 21.0 Å². The van der Waals surface area contributed by atoms with Gasteiger partial charge in [-0.1, -0.05) is 23.7 Å². The summed E-state index contributed by atoms with van der Waals surface area (Å²) in [4.78, 5) is 28.5. The van der Waals surface area contributed by atoms with Gasteiger partial charge in [-0.05, 0) is 47.9 Å². The number of carbonyl (C=O) groups is 1. The maximum absolute atomic E-state index is 14.0. The first kappa shape index (κ1) is 23.4. The molecule has 0 saturated heterocycles. The average molecular weight is 499 g/mol. The largest absolute Gasteiger partial charge is 0.369 e. The van der Waals surface area contributed by atoms with Crippen LogP contribution < -0.4 is 4.90 Å². The number of hydrogen-bond acceptors (Lipinski definition) is 5. The van der Waals surface area contributed by atoms with Gasteiger partial charge in [0.05, 0.1) is 28.1 Å². The van der Waals surface area contributed by atoms with Crippen molar-refractivity contribution < 1.29 is 9.18 Å². The predicted octanol–water partition coefficient (Wildman–Crippen LogP) is 5.39. The molecule has 1 aliphatic heterocycles. The lowest BCUT2D eigenvalue weighted by molar-refractivity contribution is 0.0997. The third kappa shape index (κ3) is 4.25. The van der Waals surface area contributed by atoms with Gasteiger partial charge in [-0.15, -0.1) is 0 Å². The molecule has 9 heteroatoms. The molecule has 0 fully saturated rings. The molecule has 0 unspecified atom stereocenters. The van der Waals surface area contributed by atoms with Gasteiger partial charge >= 0.3 is 0 Å². The summed E-state index contributed by atoms with van der Waals surface area (Å²) < 4.78 is 14.0. The lowest BCUT2D eigenvalue weighted by Gasteiger charge is -2.23. The van der Waals surface area contributed by atoms with Crippen LogP contribution in [0.4, 0.5) is 15.8 Å². The summed E-state index contributed by atoms with van der Waals surface area (Å²) in [6.45, 7) is 0.582. The second-order valence-corrected chi connectivity index (χ2v) is 9.01. The summed E-state index contributed by atoms with van der Waals surface area (Å²) in [7, 11) is 3.56. The number of benzene rings is 2. The molecule has 0 saturated carbocycles. The Bertz CT molecular complexity index is 1580. The van der Waals surface area contributed by atoms with Crippen LogP contribution in [0.5, 0.6) is 0 Å². The number of aromatic nitrogens is 2. The summed E-state index contributed by atoms with van der Waals surface area (Å²) in [5.74, 6) is -0.886. The number of rotatable bonds is 4. The molecule has 0 N–H and O–H groups in total. The summed E-state index contributed by atoms with van der Waals surface area (Å²) in [6.07, 6.45) is 5.24. The van der Waals surface area contributed by atoms with Crippen molar-refractivity contribution in [3.8, 4) is 17.2 Å². The zero-order chi connectivity index (χ0) is 25.4. The number of nitrogens with zero attached hydrogens (tertiary/aromatic N) is 6. The molecular formula is C27H20ClFN6O. The number of nitriles is 1. The molecule has 0 radical (unpaired) electrons. The van der Waals surface area contributed by atoms with Crippen molar-refractivity contribution in [1.82, 2.24) is 14.9 Å². The topological polar surface area (TPSA) is 85.5 Å². The Balaban J connectivity index is 1.58. The van der Waals surface area contributed by atoms with Gasteiger partial charge in [0.25, 0.3) is 5.91 Å². The maximum atomic E-state index is 14.0. The fourth-order valence-corrected chi connectivity index (χ4v) is 4.43. The Morgan fingerprint density at radius 1 is 1.17 bits per heavy atom. The number of amides is 1. The molecule has 0 aliphatic carbocycles. The molecule has 0 bridgehead atoms. The molecule has 3 heterocycles. The van der Waals surface area contributed by atoms with E-state index in [1.807, 2.05) is 29.2 Å². The van der Waals surface area contributed by atoms with Gasteiger partial charge in [0, 0.05) is 49.7 Å². The number of carbonyl (C=O) groups excluding carboxylic acids is 1. The second-order valence-electron chi connectivity index (χ2n) is 8.61. The van der Waals surface area contributed by atoms with Gasteiger partial charge in [-0.25, -0.2) is 4.39 Å². The van der Waals surface area contributed by atoms with Crippen LogP contribution in [0, 0.1) is 17.1 Å². The van der Waals surface area contributed by atoms with Gasteiger partial charge in [-0.2, -0.15) is 10.3 Å². The van der Waals surface area contributed by atoms with Crippen molar-refractivity contribution in [2.75, 3.05) is 25.5 Å². The molecular weight excluding hydrogens is 479 g/mol. The van der Waals surface area contributed by atoms with E-state index in [4.69, 9.17) is 11.6 Å². The molecule has 2 aromatic carbocycles. The quantitative estimate of drug-likeness (QED) is 0.277. The lowest BCUT2D eigenvalue weighted by Crippen LogP contribution is -2.15. The van der Waals surface area contributed by atoms with E-state index in [0.29, 0.717) is 29.7 Å². The SMILES string of the molecule is CN(C)/C=N/C(=O)c1ccc(-c2ccc3ncc(C#N)c(N4CCc5cc(F)c(Cl)cc54)c3c2)cn1. The van der Waals surface area contributed by atoms with E-state index in [1.54, 1.807) is 43.5 Å². The minimum absolute atomic E-state index is 0.0360. The van der Waals surface area contributed by atoms with Crippen molar-refractivity contribution in [1.29, 1.82) is 5.26 Å². The molecule has 1 aliphatic rings. The Morgan fingerprint density at radius 2 is 1.97 bits per heavy atom. The number of hydrogen-bond donors (Lipinski definition) is 0.